The number of ether oxygens (including phenoxy) is 1. The molecule has 0 bridgehead atoms. The predicted octanol–water partition coefficient (Wildman–Crippen LogP) is 4.28. The SMILES string of the molecule is CC(C)(C)C1CCC(CN)(OCCCC(F)(F)F)CC1. The summed E-state index contributed by atoms with van der Waals surface area (Å²) >= 11 is 0. The van der Waals surface area contributed by atoms with Crippen molar-refractivity contribution in [1.29, 1.82) is 0 Å². The van der Waals surface area contributed by atoms with Gasteiger partial charge in [-0.05, 0) is 43.4 Å². The third-order valence-electron chi connectivity index (χ3n) is 4.51. The fourth-order valence-electron chi connectivity index (χ4n) is 2.98. The van der Waals surface area contributed by atoms with Crippen LogP contribution in [0.2, 0.25) is 0 Å². The number of rotatable bonds is 5. The van der Waals surface area contributed by atoms with Gasteiger partial charge in [-0.15, -0.1) is 0 Å². The van der Waals surface area contributed by atoms with Gasteiger partial charge in [0.2, 0.25) is 0 Å². The van der Waals surface area contributed by atoms with Crippen LogP contribution in [0.3, 0.4) is 0 Å². The van der Waals surface area contributed by atoms with Crippen LogP contribution in [0.1, 0.15) is 59.3 Å². The molecule has 1 saturated carbocycles. The van der Waals surface area contributed by atoms with Crippen molar-refractivity contribution in [2.24, 2.45) is 17.1 Å². The van der Waals surface area contributed by atoms with Crippen molar-refractivity contribution in [3.05, 3.63) is 0 Å². The maximum Gasteiger partial charge on any atom is 0.389 e. The van der Waals surface area contributed by atoms with Gasteiger partial charge in [-0.3, -0.25) is 0 Å². The second-order valence-corrected chi connectivity index (χ2v) is 7.09. The van der Waals surface area contributed by atoms with Gasteiger partial charge in [0, 0.05) is 19.6 Å². The fraction of sp³-hybridized carbons (Fsp3) is 1.00. The Morgan fingerprint density at radius 1 is 1.15 bits per heavy atom. The number of hydrogen-bond acceptors (Lipinski definition) is 2. The lowest BCUT2D eigenvalue weighted by molar-refractivity contribution is -0.144. The minimum Gasteiger partial charge on any atom is -0.374 e. The van der Waals surface area contributed by atoms with Crippen molar-refractivity contribution in [3.8, 4) is 0 Å². The molecule has 2 N–H and O–H groups in total. The van der Waals surface area contributed by atoms with Crippen LogP contribution in [0.5, 0.6) is 0 Å². The van der Waals surface area contributed by atoms with E-state index in [9.17, 15) is 13.2 Å². The Morgan fingerprint density at radius 3 is 2.10 bits per heavy atom. The Bertz CT molecular complexity index is 288. The second-order valence-electron chi connectivity index (χ2n) is 7.09. The number of alkyl halides is 3. The van der Waals surface area contributed by atoms with Gasteiger partial charge >= 0.3 is 6.18 Å². The summed E-state index contributed by atoms with van der Waals surface area (Å²) in [6.07, 6.45) is -1.05. The minimum absolute atomic E-state index is 0.0218. The van der Waals surface area contributed by atoms with E-state index < -0.39 is 18.2 Å². The molecular weight excluding hydrogens is 267 g/mol. The Kier molecular flexibility index (Phi) is 5.90. The van der Waals surface area contributed by atoms with E-state index in [4.69, 9.17) is 10.5 Å². The van der Waals surface area contributed by atoms with E-state index in [-0.39, 0.29) is 18.4 Å². The van der Waals surface area contributed by atoms with E-state index in [0.717, 1.165) is 25.7 Å². The zero-order valence-corrected chi connectivity index (χ0v) is 12.9. The molecule has 0 saturated heterocycles. The summed E-state index contributed by atoms with van der Waals surface area (Å²) in [6, 6.07) is 0. The Morgan fingerprint density at radius 2 is 1.70 bits per heavy atom. The summed E-state index contributed by atoms with van der Waals surface area (Å²) in [5.74, 6) is 0.640. The summed E-state index contributed by atoms with van der Waals surface area (Å²) in [5, 5.41) is 0. The molecule has 0 amide bonds. The quantitative estimate of drug-likeness (QED) is 0.768. The van der Waals surface area contributed by atoms with Gasteiger partial charge in [-0.25, -0.2) is 0 Å². The third-order valence-corrected chi connectivity index (χ3v) is 4.51. The Balaban J connectivity index is 2.39. The second kappa shape index (κ2) is 6.65. The number of halogens is 3. The summed E-state index contributed by atoms with van der Waals surface area (Å²) in [4.78, 5) is 0. The average Bonchev–Trinajstić information content (AvgIpc) is 2.33. The molecule has 0 aromatic rings. The maximum absolute atomic E-state index is 12.1. The van der Waals surface area contributed by atoms with Crippen LogP contribution < -0.4 is 5.73 Å². The molecule has 0 radical (unpaired) electrons. The van der Waals surface area contributed by atoms with E-state index in [0.29, 0.717) is 12.5 Å². The summed E-state index contributed by atoms with van der Waals surface area (Å²) < 4.78 is 42.1. The zero-order valence-electron chi connectivity index (χ0n) is 12.9. The molecule has 1 fully saturated rings. The number of nitrogens with two attached hydrogens (primary N) is 1. The zero-order chi connectivity index (χ0) is 15.4. The van der Waals surface area contributed by atoms with Crippen molar-refractivity contribution < 1.29 is 17.9 Å². The lowest BCUT2D eigenvalue weighted by Gasteiger charge is -2.43. The molecule has 0 aromatic carbocycles. The molecule has 1 rings (SSSR count). The molecule has 0 spiro atoms. The highest BCUT2D eigenvalue weighted by atomic mass is 19.4. The van der Waals surface area contributed by atoms with Gasteiger partial charge < -0.3 is 10.5 Å². The summed E-state index contributed by atoms with van der Waals surface area (Å²) in [7, 11) is 0. The van der Waals surface area contributed by atoms with E-state index in [2.05, 4.69) is 20.8 Å². The van der Waals surface area contributed by atoms with Crippen molar-refractivity contribution in [1.82, 2.24) is 0 Å². The van der Waals surface area contributed by atoms with E-state index in [1.165, 1.54) is 0 Å². The summed E-state index contributed by atoms with van der Waals surface area (Å²) in [5.41, 5.74) is 5.69. The highest BCUT2D eigenvalue weighted by molar-refractivity contribution is 4.91. The van der Waals surface area contributed by atoms with E-state index >= 15 is 0 Å². The molecule has 0 atom stereocenters. The van der Waals surface area contributed by atoms with E-state index in [1.54, 1.807) is 0 Å². The topological polar surface area (TPSA) is 35.2 Å². The molecule has 0 unspecified atom stereocenters. The van der Waals surface area contributed by atoms with Gasteiger partial charge in [0.15, 0.2) is 0 Å². The molecule has 120 valence electrons. The smallest absolute Gasteiger partial charge is 0.374 e. The average molecular weight is 295 g/mol. The molecular formula is C15H28F3NO. The van der Waals surface area contributed by atoms with Crippen molar-refractivity contribution in [2.75, 3.05) is 13.2 Å². The first-order chi connectivity index (χ1) is 9.08. The molecule has 0 heterocycles. The van der Waals surface area contributed by atoms with Crippen LogP contribution in [-0.4, -0.2) is 24.9 Å². The highest BCUT2D eigenvalue weighted by Crippen LogP contribution is 2.42. The molecule has 20 heavy (non-hydrogen) atoms. The minimum atomic E-state index is -4.09. The number of hydrogen-bond donors (Lipinski definition) is 1. The third kappa shape index (κ3) is 5.60. The molecule has 0 aromatic heterocycles. The van der Waals surface area contributed by atoms with Gasteiger partial charge in [0.05, 0.1) is 5.60 Å². The first-order valence-electron chi connectivity index (χ1n) is 7.49. The Labute approximate surface area is 120 Å². The van der Waals surface area contributed by atoms with Gasteiger partial charge in [-0.1, -0.05) is 20.8 Å². The molecule has 0 aliphatic heterocycles. The molecule has 1 aliphatic rings. The largest absolute Gasteiger partial charge is 0.389 e. The first-order valence-corrected chi connectivity index (χ1v) is 7.49. The van der Waals surface area contributed by atoms with Crippen molar-refractivity contribution >= 4 is 0 Å². The van der Waals surface area contributed by atoms with Gasteiger partial charge in [0.25, 0.3) is 0 Å². The monoisotopic (exact) mass is 295 g/mol. The molecule has 5 heteroatoms. The summed E-state index contributed by atoms with van der Waals surface area (Å²) in [6.45, 7) is 7.25. The Hall–Kier alpha value is -0.290. The van der Waals surface area contributed by atoms with Crippen molar-refractivity contribution in [3.63, 3.8) is 0 Å². The standard InChI is InChI=1S/C15H28F3NO/c1-13(2,3)12-5-8-14(11-19,9-6-12)20-10-4-7-15(16,17)18/h12H,4-11,19H2,1-3H3. The molecule has 1 aliphatic carbocycles. The van der Waals surface area contributed by atoms with Crippen molar-refractivity contribution in [2.45, 2.75) is 71.1 Å². The van der Waals surface area contributed by atoms with Crippen LogP contribution >= 0.6 is 0 Å². The van der Waals surface area contributed by atoms with Crippen LogP contribution in [0.4, 0.5) is 13.2 Å². The lowest BCUT2D eigenvalue weighted by atomic mass is 9.68. The predicted molar refractivity (Wildman–Crippen MR) is 74.4 cm³/mol. The van der Waals surface area contributed by atoms with Gasteiger partial charge in [-0.2, -0.15) is 13.2 Å². The maximum atomic E-state index is 12.1. The van der Waals surface area contributed by atoms with Crippen LogP contribution in [-0.2, 0) is 4.74 Å². The lowest BCUT2D eigenvalue weighted by Crippen LogP contribution is -2.45. The van der Waals surface area contributed by atoms with Crippen LogP contribution in [0, 0.1) is 11.3 Å². The normalized spacial score (nSPS) is 28.6. The highest BCUT2D eigenvalue weighted by Gasteiger charge is 2.38. The van der Waals surface area contributed by atoms with E-state index in [1.807, 2.05) is 0 Å². The fourth-order valence-corrected chi connectivity index (χ4v) is 2.98. The first kappa shape index (κ1) is 17.8. The van der Waals surface area contributed by atoms with Crippen LogP contribution in [0.15, 0.2) is 0 Å². The van der Waals surface area contributed by atoms with Gasteiger partial charge in [0.1, 0.15) is 0 Å². The molecule has 2 nitrogen and oxygen atoms in total. The van der Waals surface area contributed by atoms with Crippen LogP contribution in [0.25, 0.3) is 0 Å².